The van der Waals surface area contributed by atoms with Gasteiger partial charge in [0.15, 0.2) is 0 Å². The Bertz CT molecular complexity index is 373. The van der Waals surface area contributed by atoms with Crippen LogP contribution in [0.4, 0.5) is 0 Å². The van der Waals surface area contributed by atoms with Gasteiger partial charge in [0.25, 0.3) is 0 Å². The highest BCUT2D eigenvalue weighted by Gasteiger charge is 2.30. The van der Waals surface area contributed by atoms with Crippen LogP contribution in [-0.4, -0.2) is 48.4 Å². The number of rotatable bonds is 4. The molecule has 2 aliphatic rings. The Kier molecular flexibility index (Phi) is 6.03. The Morgan fingerprint density at radius 2 is 2.10 bits per heavy atom. The van der Waals surface area contributed by atoms with Crippen LogP contribution in [0.5, 0.6) is 0 Å². The fourth-order valence-corrected chi connectivity index (χ4v) is 3.33. The normalized spacial score (nSPS) is 30.0. The molecule has 0 radical (unpaired) electrons. The van der Waals surface area contributed by atoms with E-state index in [-0.39, 0.29) is 23.8 Å². The maximum Gasteiger partial charge on any atom is 0.225 e. The van der Waals surface area contributed by atoms with E-state index in [1.54, 1.807) is 0 Å². The van der Waals surface area contributed by atoms with Crippen LogP contribution in [0.15, 0.2) is 0 Å². The quantitative estimate of drug-likeness (QED) is 0.821. The first-order valence-corrected chi connectivity index (χ1v) is 8.43. The molecule has 120 valence electrons. The zero-order chi connectivity index (χ0) is 15.2. The monoisotopic (exact) mass is 295 g/mol. The lowest BCUT2D eigenvalue weighted by molar-refractivity contribution is -0.136. The maximum atomic E-state index is 12.5. The Hall–Kier alpha value is -1.10. The van der Waals surface area contributed by atoms with Crippen LogP contribution in [0.2, 0.25) is 0 Å². The lowest BCUT2D eigenvalue weighted by Gasteiger charge is -2.35. The number of hydrogen-bond donors (Lipinski definition) is 2. The van der Waals surface area contributed by atoms with Crippen LogP contribution in [0.25, 0.3) is 0 Å². The van der Waals surface area contributed by atoms with Crippen molar-refractivity contribution >= 4 is 11.8 Å². The van der Waals surface area contributed by atoms with Crippen molar-refractivity contribution in [2.75, 3.05) is 19.6 Å². The second kappa shape index (κ2) is 7.78. The van der Waals surface area contributed by atoms with E-state index in [0.29, 0.717) is 19.0 Å². The van der Waals surface area contributed by atoms with Crippen molar-refractivity contribution in [2.24, 2.45) is 5.92 Å². The standard InChI is InChI=1S/C16H29N3O2/c1-3-6-15(20)19-10-5-7-13(11-19)16(21)18-14-8-4-9-17-12(14)2/h12-14,17H,3-11H2,1-2H3,(H,18,21). The molecule has 2 fully saturated rings. The molecule has 2 rings (SSSR count). The number of carbonyl (C=O) groups is 2. The van der Waals surface area contributed by atoms with Crippen LogP contribution in [0.1, 0.15) is 52.4 Å². The molecule has 2 saturated heterocycles. The SMILES string of the molecule is CCCC(=O)N1CCCC(C(=O)NC2CCCNC2C)C1. The largest absolute Gasteiger partial charge is 0.352 e. The molecule has 3 atom stereocenters. The van der Waals surface area contributed by atoms with Gasteiger partial charge in [-0.15, -0.1) is 0 Å². The lowest BCUT2D eigenvalue weighted by Crippen LogP contribution is -2.54. The summed E-state index contributed by atoms with van der Waals surface area (Å²) in [6.45, 7) is 6.59. The van der Waals surface area contributed by atoms with Crippen molar-refractivity contribution in [1.82, 2.24) is 15.5 Å². The molecule has 0 aromatic rings. The van der Waals surface area contributed by atoms with Gasteiger partial charge in [0, 0.05) is 31.6 Å². The number of amides is 2. The first-order chi connectivity index (χ1) is 10.1. The predicted molar refractivity (Wildman–Crippen MR) is 82.8 cm³/mol. The minimum absolute atomic E-state index is 0.0336. The summed E-state index contributed by atoms with van der Waals surface area (Å²) in [4.78, 5) is 26.3. The molecule has 2 heterocycles. The molecule has 3 unspecified atom stereocenters. The molecule has 2 amide bonds. The fraction of sp³-hybridized carbons (Fsp3) is 0.875. The van der Waals surface area contributed by atoms with Crippen molar-refractivity contribution in [1.29, 1.82) is 0 Å². The molecule has 0 aromatic carbocycles. The van der Waals surface area contributed by atoms with Crippen molar-refractivity contribution in [3.8, 4) is 0 Å². The summed E-state index contributed by atoms with van der Waals surface area (Å²) in [5.74, 6) is 0.293. The number of carbonyl (C=O) groups excluding carboxylic acids is 2. The van der Waals surface area contributed by atoms with Gasteiger partial charge in [0.2, 0.25) is 11.8 Å². The van der Waals surface area contributed by atoms with Crippen LogP contribution >= 0.6 is 0 Å². The van der Waals surface area contributed by atoms with E-state index in [4.69, 9.17) is 0 Å². The topological polar surface area (TPSA) is 61.4 Å². The number of piperidine rings is 2. The fourth-order valence-electron chi connectivity index (χ4n) is 3.33. The molecule has 0 aromatic heterocycles. The summed E-state index contributed by atoms with van der Waals surface area (Å²) in [6.07, 6.45) is 5.46. The summed E-state index contributed by atoms with van der Waals surface area (Å²) in [6, 6.07) is 0.567. The van der Waals surface area contributed by atoms with Gasteiger partial charge in [0.1, 0.15) is 0 Å². The van der Waals surface area contributed by atoms with E-state index in [0.717, 1.165) is 45.2 Å². The highest BCUT2D eigenvalue weighted by atomic mass is 16.2. The molecule has 5 nitrogen and oxygen atoms in total. The zero-order valence-electron chi connectivity index (χ0n) is 13.4. The third kappa shape index (κ3) is 4.43. The van der Waals surface area contributed by atoms with Gasteiger partial charge >= 0.3 is 0 Å². The van der Waals surface area contributed by atoms with Gasteiger partial charge in [-0.05, 0) is 45.6 Å². The molecule has 0 aliphatic carbocycles. The molecule has 0 bridgehead atoms. The zero-order valence-corrected chi connectivity index (χ0v) is 13.4. The third-order valence-corrected chi connectivity index (χ3v) is 4.70. The van der Waals surface area contributed by atoms with Gasteiger partial charge in [-0.1, -0.05) is 6.92 Å². The molecule has 2 aliphatic heterocycles. The van der Waals surface area contributed by atoms with Crippen LogP contribution in [0, 0.1) is 5.92 Å². The van der Waals surface area contributed by atoms with E-state index < -0.39 is 0 Å². The average molecular weight is 295 g/mol. The van der Waals surface area contributed by atoms with E-state index in [2.05, 4.69) is 17.6 Å². The Morgan fingerprint density at radius 3 is 2.81 bits per heavy atom. The average Bonchev–Trinajstić information content (AvgIpc) is 2.50. The lowest BCUT2D eigenvalue weighted by atomic mass is 9.94. The highest BCUT2D eigenvalue weighted by molar-refractivity contribution is 5.81. The summed E-state index contributed by atoms with van der Waals surface area (Å²) >= 11 is 0. The minimum atomic E-state index is -0.0336. The Balaban J connectivity index is 1.85. The molecular weight excluding hydrogens is 266 g/mol. The summed E-state index contributed by atoms with van der Waals surface area (Å²) < 4.78 is 0. The Morgan fingerprint density at radius 1 is 1.29 bits per heavy atom. The maximum absolute atomic E-state index is 12.5. The van der Waals surface area contributed by atoms with Gasteiger partial charge in [0.05, 0.1) is 5.92 Å². The summed E-state index contributed by atoms with van der Waals surface area (Å²) in [5.41, 5.74) is 0. The second-order valence-corrected chi connectivity index (χ2v) is 6.43. The van der Waals surface area contributed by atoms with Crippen LogP contribution in [0.3, 0.4) is 0 Å². The van der Waals surface area contributed by atoms with E-state index >= 15 is 0 Å². The van der Waals surface area contributed by atoms with E-state index in [9.17, 15) is 9.59 Å². The molecule has 5 heteroatoms. The molecule has 2 N–H and O–H groups in total. The first-order valence-electron chi connectivity index (χ1n) is 8.43. The van der Waals surface area contributed by atoms with Crippen molar-refractivity contribution in [3.63, 3.8) is 0 Å². The summed E-state index contributed by atoms with van der Waals surface area (Å²) in [7, 11) is 0. The first kappa shape index (κ1) is 16.3. The van der Waals surface area contributed by atoms with Gasteiger partial charge in [-0.3, -0.25) is 9.59 Å². The number of nitrogens with zero attached hydrogens (tertiary/aromatic N) is 1. The number of hydrogen-bond acceptors (Lipinski definition) is 3. The molecule has 21 heavy (non-hydrogen) atoms. The molecule has 0 saturated carbocycles. The van der Waals surface area contributed by atoms with Crippen molar-refractivity contribution in [2.45, 2.75) is 64.5 Å². The van der Waals surface area contributed by atoms with Crippen molar-refractivity contribution in [3.05, 3.63) is 0 Å². The predicted octanol–water partition coefficient (Wildman–Crippen LogP) is 1.28. The number of likely N-dealkylation sites (tertiary alicyclic amines) is 1. The van der Waals surface area contributed by atoms with E-state index in [1.807, 2.05) is 11.8 Å². The molecular formula is C16H29N3O2. The van der Waals surface area contributed by atoms with Gasteiger partial charge in [-0.25, -0.2) is 0 Å². The summed E-state index contributed by atoms with van der Waals surface area (Å²) in [5, 5.41) is 6.60. The third-order valence-electron chi connectivity index (χ3n) is 4.70. The van der Waals surface area contributed by atoms with Crippen LogP contribution in [-0.2, 0) is 9.59 Å². The Labute approximate surface area is 127 Å². The smallest absolute Gasteiger partial charge is 0.225 e. The van der Waals surface area contributed by atoms with Crippen molar-refractivity contribution < 1.29 is 9.59 Å². The number of nitrogens with one attached hydrogen (secondary N) is 2. The van der Waals surface area contributed by atoms with Gasteiger partial charge < -0.3 is 15.5 Å². The second-order valence-electron chi connectivity index (χ2n) is 6.43. The van der Waals surface area contributed by atoms with Gasteiger partial charge in [-0.2, -0.15) is 0 Å². The molecule has 0 spiro atoms. The van der Waals surface area contributed by atoms with Crippen LogP contribution < -0.4 is 10.6 Å². The minimum Gasteiger partial charge on any atom is -0.352 e. The highest BCUT2D eigenvalue weighted by Crippen LogP contribution is 2.19. The van der Waals surface area contributed by atoms with E-state index in [1.165, 1.54) is 0 Å².